The Labute approximate surface area is 161 Å². The van der Waals surface area contributed by atoms with E-state index >= 15 is 0 Å². The van der Waals surface area contributed by atoms with E-state index in [4.69, 9.17) is 14.2 Å². The highest BCUT2D eigenvalue weighted by molar-refractivity contribution is 5.27. The summed E-state index contributed by atoms with van der Waals surface area (Å²) in [5.74, 6) is 0.575. The van der Waals surface area contributed by atoms with E-state index in [0.29, 0.717) is 26.4 Å². The highest BCUT2D eigenvalue weighted by Gasteiger charge is 2.28. The fourth-order valence-corrected chi connectivity index (χ4v) is 2.90. The molecule has 1 aliphatic heterocycles. The number of imidazole rings is 1. The highest BCUT2D eigenvalue weighted by Crippen LogP contribution is 2.23. The van der Waals surface area contributed by atoms with Gasteiger partial charge in [0.15, 0.2) is 0 Å². The Bertz CT molecular complexity index is 940. The van der Waals surface area contributed by atoms with Crippen LogP contribution in [-0.4, -0.2) is 27.2 Å². The fraction of sp³-hybridized carbons (Fsp3) is 0.250. The van der Waals surface area contributed by atoms with Crippen LogP contribution in [0, 0.1) is 10.1 Å². The molecule has 0 unspecified atom stereocenters. The van der Waals surface area contributed by atoms with Gasteiger partial charge in [-0.3, -0.25) is 4.57 Å². The molecule has 0 radical (unpaired) electrons. The third kappa shape index (κ3) is 4.29. The first-order chi connectivity index (χ1) is 13.7. The van der Waals surface area contributed by atoms with E-state index in [1.165, 1.54) is 6.20 Å². The summed E-state index contributed by atoms with van der Waals surface area (Å²) in [5.41, 5.74) is 2.13. The minimum atomic E-state index is -0.536. The van der Waals surface area contributed by atoms with Gasteiger partial charge in [0.25, 0.3) is 0 Å². The molecule has 0 spiro atoms. The molecule has 0 aliphatic carbocycles. The van der Waals surface area contributed by atoms with Crippen LogP contribution in [0.15, 0.2) is 60.8 Å². The molecule has 28 heavy (non-hydrogen) atoms. The SMILES string of the molecule is O=[N+]([O-])c1cn2c(n1)OC[C@H](OCc1ccc(OCc3ccccc3)cc1)C2. The molecule has 0 bridgehead atoms. The van der Waals surface area contributed by atoms with Crippen LogP contribution in [0.2, 0.25) is 0 Å². The van der Waals surface area contributed by atoms with Crippen molar-refractivity contribution in [3.05, 3.63) is 82.0 Å². The number of nitro groups is 1. The van der Waals surface area contributed by atoms with Crippen molar-refractivity contribution in [1.82, 2.24) is 9.55 Å². The second-order valence-corrected chi connectivity index (χ2v) is 6.45. The number of benzene rings is 2. The largest absolute Gasteiger partial charge is 0.489 e. The Morgan fingerprint density at radius 3 is 2.61 bits per heavy atom. The molecule has 4 rings (SSSR count). The number of rotatable bonds is 7. The molecule has 1 atom stereocenters. The minimum absolute atomic E-state index is 0.199. The zero-order valence-corrected chi connectivity index (χ0v) is 15.1. The van der Waals surface area contributed by atoms with Gasteiger partial charge in [-0.25, -0.2) is 0 Å². The van der Waals surface area contributed by atoms with E-state index in [-0.39, 0.29) is 17.9 Å². The third-order valence-electron chi connectivity index (χ3n) is 4.37. The first-order valence-corrected chi connectivity index (χ1v) is 8.89. The summed E-state index contributed by atoms with van der Waals surface area (Å²) in [7, 11) is 0. The van der Waals surface area contributed by atoms with Gasteiger partial charge in [0.2, 0.25) is 0 Å². The van der Waals surface area contributed by atoms with Gasteiger partial charge in [-0.2, -0.15) is 0 Å². The molecule has 1 aromatic heterocycles. The lowest BCUT2D eigenvalue weighted by molar-refractivity contribution is -0.389. The molecule has 0 saturated carbocycles. The van der Waals surface area contributed by atoms with Crippen LogP contribution in [0.5, 0.6) is 11.8 Å². The average Bonchev–Trinajstić information content (AvgIpc) is 3.16. The van der Waals surface area contributed by atoms with E-state index in [1.54, 1.807) is 4.57 Å². The van der Waals surface area contributed by atoms with Gasteiger partial charge < -0.3 is 24.3 Å². The maximum Gasteiger partial charge on any atom is 0.414 e. The smallest absolute Gasteiger partial charge is 0.414 e. The zero-order valence-electron chi connectivity index (χ0n) is 15.1. The second-order valence-electron chi connectivity index (χ2n) is 6.45. The maximum absolute atomic E-state index is 10.8. The van der Waals surface area contributed by atoms with E-state index < -0.39 is 4.92 Å². The van der Waals surface area contributed by atoms with Crippen molar-refractivity contribution in [2.24, 2.45) is 0 Å². The number of fused-ring (bicyclic) bond motifs is 1. The number of aromatic nitrogens is 2. The summed E-state index contributed by atoms with van der Waals surface area (Å²) in [6.45, 7) is 1.72. The predicted octanol–water partition coefficient (Wildman–Crippen LogP) is 3.35. The second kappa shape index (κ2) is 8.10. The van der Waals surface area contributed by atoms with Crippen LogP contribution in [0.3, 0.4) is 0 Å². The lowest BCUT2D eigenvalue weighted by atomic mass is 10.2. The normalized spacial score (nSPS) is 15.5. The molecule has 2 heterocycles. The third-order valence-corrected chi connectivity index (χ3v) is 4.37. The number of nitrogens with zero attached hydrogens (tertiary/aromatic N) is 3. The number of hydrogen-bond acceptors (Lipinski definition) is 6. The Morgan fingerprint density at radius 1 is 1.11 bits per heavy atom. The topological polar surface area (TPSA) is 88.7 Å². The Hall–Kier alpha value is -3.39. The highest BCUT2D eigenvalue weighted by atomic mass is 16.6. The predicted molar refractivity (Wildman–Crippen MR) is 100 cm³/mol. The maximum atomic E-state index is 10.8. The molecule has 8 heteroatoms. The Morgan fingerprint density at radius 2 is 1.86 bits per heavy atom. The Balaban J connectivity index is 1.27. The summed E-state index contributed by atoms with van der Waals surface area (Å²) >= 11 is 0. The minimum Gasteiger partial charge on any atom is -0.489 e. The van der Waals surface area contributed by atoms with Crippen molar-refractivity contribution in [2.45, 2.75) is 25.9 Å². The first kappa shape index (κ1) is 18.0. The molecule has 8 nitrogen and oxygen atoms in total. The molecule has 0 amide bonds. The lowest BCUT2D eigenvalue weighted by Gasteiger charge is -2.22. The molecule has 0 N–H and O–H groups in total. The van der Waals surface area contributed by atoms with E-state index in [0.717, 1.165) is 16.9 Å². The van der Waals surface area contributed by atoms with E-state index in [9.17, 15) is 10.1 Å². The van der Waals surface area contributed by atoms with Crippen molar-refractivity contribution in [1.29, 1.82) is 0 Å². The van der Waals surface area contributed by atoms with Crippen molar-refractivity contribution < 1.29 is 19.1 Å². The van der Waals surface area contributed by atoms with Crippen LogP contribution in [0.1, 0.15) is 11.1 Å². The fourth-order valence-electron chi connectivity index (χ4n) is 2.90. The molecular formula is C20H19N3O5. The van der Waals surface area contributed by atoms with Crippen LogP contribution in [-0.2, 0) is 24.5 Å². The Kier molecular flexibility index (Phi) is 5.20. The van der Waals surface area contributed by atoms with Gasteiger partial charge in [0.1, 0.15) is 31.3 Å². The van der Waals surface area contributed by atoms with Gasteiger partial charge in [-0.05, 0) is 28.2 Å². The summed E-state index contributed by atoms with van der Waals surface area (Å²) in [6.07, 6.45) is 1.17. The number of hydrogen-bond donors (Lipinski definition) is 0. The molecule has 0 fully saturated rings. The standard InChI is InChI=1S/C20H19N3O5/c24-23(25)19-11-22-10-18(14-28-20(22)21-19)27-13-16-6-8-17(9-7-16)26-12-15-4-2-1-3-5-15/h1-9,11,18H,10,12-14H2/t18-/m1/s1. The summed E-state index contributed by atoms with van der Waals surface area (Å²) in [6, 6.07) is 18.0. The van der Waals surface area contributed by atoms with Crippen LogP contribution in [0.25, 0.3) is 0 Å². The zero-order chi connectivity index (χ0) is 19.3. The van der Waals surface area contributed by atoms with Crippen molar-refractivity contribution >= 4 is 5.82 Å². The van der Waals surface area contributed by atoms with E-state index in [1.807, 2.05) is 54.6 Å². The molecule has 144 valence electrons. The van der Waals surface area contributed by atoms with Gasteiger partial charge >= 0.3 is 11.8 Å². The van der Waals surface area contributed by atoms with Gasteiger partial charge in [0.05, 0.1) is 13.2 Å². The van der Waals surface area contributed by atoms with Crippen LogP contribution in [0.4, 0.5) is 5.82 Å². The van der Waals surface area contributed by atoms with Gasteiger partial charge in [-0.15, -0.1) is 0 Å². The molecule has 0 saturated heterocycles. The molecule has 2 aromatic carbocycles. The van der Waals surface area contributed by atoms with Crippen LogP contribution < -0.4 is 9.47 Å². The van der Waals surface area contributed by atoms with Gasteiger partial charge in [-0.1, -0.05) is 42.5 Å². The summed E-state index contributed by atoms with van der Waals surface area (Å²) in [4.78, 5) is 14.1. The first-order valence-electron chi connectivity index (χ1n) is 8.89. The van der Waals surface area contributed by atoms with Crippen molar-refractivity contribution in [2.75, 3.05) is 6.61 Å². The lowest BCUT2D eigenvalue weighted by Crippen LogP contribution is -2.32. The molecule has 1 aliphatic rings. The van der Waals surface area contributed by atoms with Crippen molar-refractivity contribution in [3.63, 3.8) is 0 Å². The van der Waals surface area contributed by atoms with E-state index in [2.05, 4.69) is 4.98 Å². The van der Waals surface area contributed by atoms with Crippen LogP contribution >= 0.6 is 0 Å². The number of ether oxygens (including phenoxy) is 3. The monoisotopic (exact) mass is 381 g/mol. The summed E-state index contributed by atoms with van der Waals surface area (Å²) < 4.78 is 18.7. The quantitative estimate of drug-likeness (QED) is 0.461. The van der Waals surface area contributed by atoms with Gasteiger partial charge in [0, 0.05) is 4.98 Å². The summed E-state index contributed by atoms with van der Waals surface area (Å²) in [5, 5.41) is 10.8. The average molecular weight is 381 g/mol. The molecular weight excluding hydrogens is 362 g/mol. The van der Waals surface area contributed by atoms with Crippen molar-refractivity contribution in [3.8, 4) is 11.8 Å². The molecule has 3 aromatic rings.